The van der Waals surface area contributed by atoms with Crippen molar-refractivity contribution in [2.24, 2.45) is 0 Å². The second kappa shape index (κ2) is 6.66. The number of amides is 1. The van der Waals surface area contributed by atoms with Gasteiger partial charge in [-0.1, -0.05) is 31.2 Å². The van der Waals surface area contributed by atoms with Crippen molar-refractivity contribution in [1.82, 2.24) is 9.78 Å². The van der Waals surface area contributed by atoms with Gasteiger partial charge in [0.2, 0.25) is 0 Å². The lowest BCUT2D eigenvalue weighted by Gasteiger charge is -2.09. The van der Waals surface area contributed by atoms with Crippen LogP contribution in [-0.4, -0.2) is 15.7 Å². The number of hydrogen-bond acceptors (Lipinski definition) is 2. The Balaban J connectivity index is 1.92. The van der Waals surface area contributed by atoms with Crippen LogP contribution in [-0.2, 0) is 6.42 Å². The van der Waals surface area contributed by atoms with Crippen LogP contribution in [0.4, 0.5) is 10.1 Å². The van der Waals surface area contributed by atoms with Gasteiger partial charge in [0.05, 0.1) is 28.8 Å². The van der Waals surface area contributed by atoms with Gasteiger partial charge in [0.25, 0.3) is 5.91 Å². The van der Waals surface area contributed by atoms with E-state index in [0.29, 0.717) is 12.0 Å². The predicted octanol–water partition coefficient (Wildman–Crippen LogP) is 4.13. The highest BCUT2D eigenvalue weighted by Crippen LogP contribution is 2.19. The van der Waals surface area contributed by atoms with Crippen molar-refractivity contribution in [1.29, 1.82) is 0 Å². The first-order valence-corrected chi connectivity index (χ1v) is 7.80. The molecule has 0 aliphatic carbocycles. The molecule has 5 heteroatoms. The molecule has 0 bridgehead atoms. The minimum Gasteiger partial charge on any atom is -0.319 e. The number of anilines is 1. The molecule has 4 nitrogen and oxygen atoms in total. The van der Waals surface area contributed by atoms with Gasteiger partial charge in [-0.05, 0) is 43.2 Å². The molecular weight excluding hydrogens is 305 g/mol. The molecule has 0 saturated carbocycles. The predicted molar refractivity (Wildman–Crippen MR) is 92.0 cm³/mol. The Bertz CT molecular complexity index is 872. The Labute approximate surface area is 139 Å². The quantitative estimate of drug-likeness (QED) is 0.784. The number of halogens is 1. The third-order valence-electron chi connectivity index (χ3n) is 3.82. The molecule has 3 rings (SSSR count). The molecule has 0 fully saturated rings. The number of benzene rings is 2. The first-order chi connectivity index (χ1) is 11.6. The minimum absolute atomic E-state index is 0.167. The SMILES string of the molecule is CCc1c(C(=O)Nc2ccc(C)cc2F)cnn1-c1ccccc1. The van der Waals surface area contributed by atoms with Gasteiger partial charge in [-0.2, -0.15) is 5.10 Å². The van der Waals surface area contributed by atoms with Crippen molar-refractivity contribution >= 4 is 11.6 Å². The second-order valence-electron chi connectivity index (χ2n) is 5.54. The fraction of sp³-hybridized carbons (Fsp3) is 0.158. The number of carbonyl (C=O) groups excluding carboxylic acids is 1. The van der Waals surface area contributed by atoms with E-state index in [1.54, 1.807) is 23.7 Å². The Morgan fingerprint density at radius 1 is 1.21 bits per heavy atom. The Morgan fingerprint density at radius 3 is 2.62 bits per heavy atom. The number of hydrogen-bond donors (Lipinski definition) is 1. The number of carbonyl (C=O) groups is 1. The summed E-state index contributed by atoms with van der Waals surface area (Å²) >= 11 is 0. The fourth-order valence-electron chi connectivity index (χ4n) is 2.61. The second-order valence-corrected chi connectivity index (χ2v) is 5.54. The van der Waals surface area contributed by atoms with Crippen LogP contribution in [0.1, 0.15) is 28.5 Å². The van der Waals surface area contributed by atoms with E-state index in [1.807, 2.05) is 37.3 Å². The lowest BCUT2D eigenvalue weighted by atomic mass is 10.1. The summed E-state index contributed by atoms with van der Waals surface area (Å²) in [4.78, 5) is 12.5. The molecule has 0 atom stereocenters. The topological polar surface area (TPSA) is 46.9 Å². The van der Waals surface area contributed by atoms with Crippen molar-refractivity contribution in [3.63, 3.8) is 0 Å². The highest BCUT2D eigenvalue weighted by Gasteiger charge is 2.18. The summed E-state index contributed by atoms with van der Waals surface area (Å²) in [6.07, 6.45) is 2.15. The zero-order valence-corrected chi connectivity index (χ0v) is 13.6. The van der Waals surface area contributed by atoms with Crippen LogP contribution in [0.25, 0.3) is 5.69 Å². The van der Waals surface area contributed by atoms with E-state index < -0.39 is 5.82 Å². The van der Waals surface area contributed by atoms with Crippen LogP contribution in [0.3, 0.4) is 0 Å². The number of rotatable bonds is 4. The van der Waals surface area contributed by atoms with E-state index in [4.69, 9.17) is 0 Å². The average Bonchev–Trinajstić information content (AvgIpc) is 3.02. The van der Waals surface area contributed by atoms with E-state index in [-0.39, 0.29) is 11.6 Å². The maximum absolute atomic E-state index is 13.9. The molecule has 0 aliphatic heterocycles. The van der Waals surface area contributed by atoms with E-state index in [0.717, 1.165) is 16.9 Å². The lowest BCUT2D eigenvalue weighted by Crippen LogP contribution is -2.15. The minimum atomic E-state index is -0.447. The van der Waals surface area contributed by atoms with Crippen LogP contribution >= 0.6 is 0 Å². The first-order valence-electron chi connectivity index (χ1n) is 7.80. The van der Waals surface area contributed by atoms with Crippen LogP contribution in [0.15, 0.2) is 54.7 Å². The van der Waals surface area contributed by atoms with Crippen molar-refractivity contribution in [3.8, 4) is 5.69 Å². The van der Waals surface area contributed by atoms with Gasteiger partial charge in [-0.3, -0.25) is 4.79 Å². The van der Waals surface area contributed by atoms with Crippen LogP contribution < -0.4 is 5.32 Å². The number of aromatic nitrogens is 2. The molecule has 0 aliphatic rings. The first kappa shape index (κ1) is 15.9. The normalized spacial score (nSPS) is 10.6. The summed E-state index contributed by atoms with van der Waals surface area (Å²) in [5, 5.41) is 6.94. The zero-order chi connectivity index (χ0) is 17.1. The highest BCUT2D eigenvalue weighted by molar-refractivity contribution is 6.05. The van der Waals surface area contributed by atoms with E-state index >= 15 is 0 Å². The molecule has 122 valence electrons. The van der Waals surface area contributed by atoms with Gasteiger partial charge in [0.1, 0.15) is 5.82 Å². The maximum Gasteiger partial charge on any atom is 0.259 e. The van der Waals surface area contributed by atoms with Gasteiger partial charge in [-0.25, -0.2) is 9.07 Å². The Hall–Kier alpha value is -2.95. The molecule has 0 unspecified atom stereocenters. The van der Waals surface area contributed by atoms with Gasteiger partial charge in [0, 0.05) is 0 Å². The summed E-state index contributed by atoms with van der Waals surface area (Å²) in [6, 6.07) is 14.3. The van der Waals surface area contributed by atoms with Crippen molar-refractivity contribution in [3.05, 3.63) is 77.4 Å². The molecule has 0 spiro atoms. The molecule has 3 aromatic rings. The summed E-state index contributed by atoms with van der Waals surface area (Å²) in [5.41, 5.74) is 3.08. The number of nitrogens with zero attached hydrogens (tertiary/aromatic N) is 2. The standard InChI is InChI=1S/C19H18FN3O/c1-3-18-15(12-21-23(18)14-7-5-4-6-8-14)19(24)22-17-10-9-13(2)11-16(17)20/h4-12H,3H2,1-2H3,(H,22,24). The Kier molecular flexibility index (Phi) is 4.42. The van der Waals surface area contributed by atoms with Gasteiger partial charge >= 0.3 is 0 Å². The van der Waals surface area contributed by atoms with Gasteiger partial charge in [-0.15, -0.1) is 0 Å². The third-order valence-corrected chi connectivity index (χ3v) is 3.82. The molecule has 1 aromatic heterocycles. The molecular formula is C19H18FN3O. The highest BCUT2D eigenvalue weighted by atomic mass is 19.1. The maximum atomic E-state index is 13.9. The fourth-order valence-corrected chi connectivity index (χ4v) is 2.61. The molecule has 1 N–H and O–H groups in total. The summed E-state index contributed by atoms with van der Waals surface area (Å²) in [6.45, 7) is 3.76. The molecule has 1 amide bonds. The van der Waals surface area contributed by atoms with Crippen molar-refractivity contribution < 1.29 is 9.18 Å². The summed E-state index contributed by atoms with van der Waals surface area (Å²) in [5.74, 6) is -0.811. The third kappa shape index (κ3) is 3.06. The number of nitrogens with one attached hydrogen (secondary N) is 1. The molecule has 1 heterocycles. The van der Waals surface area contributed by atoms with E-state index in [1.165, 1.54) is 12.3 Å². The largest absolute Gasteiger partial charge is 0.319 e. The van der Waals surface area contributed by atoms with E-state index in [9.17, 15) is 9.18 Å². The van der Waals surface area contributed by atoms with Gasteiger partial charge in [0.15, 0.2) is 0 Å². The van der Waals surface area contributed by atoms with Crippen LogP contribution in [0.2, 0.25) is 0 Å². The number of aryl methyl sites for hydroxylation is 1. The molecule has 2 aromatic carbocycles. The van der Waals surface area contributed by atoms with E-state index in [2.05, 4.69) is 10.4 Å². The smallest absolute Gasteiger partial charge is 0.259 e. The van der Waals surface area contributed by atoms with Gasteiger partial charge < -0.3 is 5.32 Å². The lowest BCUT2D eigenvalue weighted by molar-refractivity contribution is 0.102. The molecule has 24 heavy (non-hydrogen) atoms. The van der Waals surface area contributed by atoms with Crippen LogP contribution in [0.5, 0.6) is 0 Å². The summed E-state index contributed by atoms with van der Waals surface area (Å²) < 4.78 is 15.7. The number of para-hydroxylation sites is 1. The summed E-state index contributed by atoms with van der Waals surface area (Å²) in [7, 11) is 0. The van der Waals surface area contributed by atoms with Crippen molar-refractivity contribution in [2.75, 3.05) is 5.32 Å². The zero-order valence-electron chi connectivity index (χ0n) is 13.6. The average molecular weight is 323 g/mol. The van der Waals surface area contributed by atoms with Crippen LogP contribution in [0, 0.1) is 12.7 Å². The Morgan fingerprint density at radius 2 is 1.96 bits per heavy atom. The van der Waals surface area contributed by atoms with Crippen molar-refractivity contribution in [2.45, 2.75) is 20.3 Å². The molecule has 0 saturated heterocycles. The monoisotopic (exact) mass is 323 g/mol. The molecule has 0 radical (unpaired) electrons.